The van der Waals surface area contributed by atoms with Crippen LogP contribution in [0.3, 0.4) is 0 Å². The Labute approximate surface area is 125 Å². The Kier molecular flexibility index (Phi) is 5.99. The minimum absolute atomic E-state index is 0.0257. The van der Waals surface area contributed by atoms with Gasteiger partial charge in [-0.05, 0) is 33.1 Å². The predicted molar refractivity (Wildman–Crippen MR) is 77.9 cm³/mol. The monoisotopic (exact) mass is 299 g/mol. The first-order valence-electron chi connectivity index (χ1n) is 7.25. The number of piperidine rings is 1. The van der Waals surface area contributed by atoms with Crippen molar-refractivity contribution in [3.63, 3.8) is 0 Å². The number of carbonyl (C=O) groups is 3. The topological polar surface area (TPSA) is 98.7 Å². The van der Waals surface area contributed by atoms with Gasteiger partial charge >= 0.3 is 12.0 Å². The molecule has 21 heavy (non-hydrogen) atoms. The molecule has 3 amide bonds. The molecule has 1 aliphatic heterocycles. The van der Waals surface area contributed by atoms with Crippen LogP contribution < -0.4 is 10.6 Å². The van der Waals surface area contributed by atoms with Gasteiger partial charge in [-0.2, -0.15) is 0 Å². The third-order valence-electron chi connectivity index (χ3n) is 3.60. The summed E-state index contributed by atoms with van der Waals surface area (Å²) in [6.45, 7) is 6.30. The Morgan fingerprint density at radius 2 is 1.81 bits per heavy atom. The van der Waals surface area contributed by atoms with E-state index in [0.717, 1.165) is 12.8 Å². The average Bonchev–Trinajstić information content (AvgIpc) is 2.36. The van der Waals surface area contributed by atoms with Gasteiger partial charge in [0.2, 0.25) is 5.91 Å². The summed E-state index contributed by atoms with van der Waals surface area (Å²) in [5, 5.41) is 14.4. The average molecular weight is 299 g/mol. The number of amides is 3. The highest BCUT2D eigenvalue weighted by atomic mass is 16.4. The zero-order valence-corrected chi connectivity index (χ0v) is 12.9. The zero-order valence-electron chi connectivity index (χ0n) is 12.9. The molecule has 3 N–H and O–H groups in total. The van der Waals surface area contributed by atoms with E-state index in [9.17, 15) is 14.4 Å². The van der Waals surface area contributed by atoms with Gasteiger partial charge in [0.05, 0.1) is 0 Å². The zero-order chi connectivity index (χ0) is 16.0. The van der Waals surface area contributed by atoms with Gasteiger partial charge in [-0.25, -0.2) is 4.79 Å². The molecule has 0 aromatic heterocycles. The van der Waals surface area contributed by atoms with E-state index in [4.69, 9.17) is 5.11 Å². The van der Waals surface area contributed by atoms with Crippen LogP contribution >= 0.6 is 0 Å². The standard InChI is InChI=1S/C14H25N3O4/c1-10(18)15-11-5-8-17(9-6-11)13(21)16-14(2,3)7-4-12(19)20/h11H,4-9H2,1-3H3,(H,15,18)(H,16,21)(H,19,20). The van der Waals surface area contributed by atoms with Crippen molar-refractivity contribution < 1.29 is 19.5 Å². The first-order chi connectivity index (χ1) is 9.69. The Hall–Kier alpha value is -1.79. The molecule has 0 aromatic carbocycles. The lowest BCUT2D eigenvalue weighted by atomic mass is 9.98. The second-order valence-corrected chi connectivity index (χ2v) is 6.17. The van der Waals surface area contributed by atoms with Gasteiger partial charge in [0, 0.05) is 38.0 Å². The number of aliphatic carboxylic acids is 1. The van der Waals surface area contributed by atoms with Crippen LogP contribution in [0.4, 0.5) is 4.79 Å². The first kappa shape index (κ1) is 17.3. The summed E-state index contributed by atoms with van der Waals surface area (Å²) >= 11 is 0. The van der Waals surface area contributed by atoms with Crippen LogP contribution in [0, 0.1) is 0 Å². The van der Waals surface area contributed by atoms with Gasteiger partial charge in [0.25, 0.3) is 0 Å². The van der Waals surface area contributed by atoms with Crippen LogP contribution in [-0.4, -0.2) is 52.6 Å². The summed E-state index contributed by atoms with van der Waals surface area (Å²) in [6, 6.07) is -0.0433. The Bertz CT molecular complexity index is 401. The molecule has 7 heteroatoms. The lowest BCUT2D eigenvalue weighted by molar-refractivity contribution is -0.137. The fraction of sp³-hybridized carbons (Fsp3) is 0.786. The summed E-state index contributed by atoms with van der Waals surface area (Å²) in [7, 11) is 0. The molecule has 7 nitrogen and oxygen atoms in total. The number of nitrogens with zero attached hydrogens (tertiary/aromatic N) is 1. The molecule has 1 saturated heterocycles. The quantitative estimate of drug-likeness (QED) is 0.703. The van der Waals surface area contributed by atoms with Gasteiger partial charge in [-0.3, -0.25) is 9.59 Å². The first-order valence-corrected chi connectivity index (χ1v) is 7.25. The van der Waals surface area contributed by atoms with Gasteiger partial charge in [-0.15, -0.1) is 0 Å². The lowest BCUT2D eigenvalue weighted by Gasteiger charge is -2.35. The van der Waals surface area contributed by atoms with E-state index in [1.54, 1.807) is 4.90 Å². The van der Waals surface area contributed by atoms with E-state index in [1.165, 1.54) is 6.92 Å². The van der Waals surface area contributed by atoms with Crippen molar-refractivity contribution in [2.45, 2.75) is 58.0 Å². The molecule has 0 unspecified atom stereocenters. The van der Waals surface area contributed by atoms with E-state index in [-0.39, 0.29) is 24.4 Å². The molecule has 1 rings (SSSR count). The van der Waals surface area contributed by atoms with Gasteiger partial charge in [-0.1, -0.05) is 0 Å². The van der Waals surface area contributed by atoms with Crippen molar-refractivity contribution in [2.75, 3.05) is 13.1 Å². The smallest absolute Gasteiger partial charge is 0.317 e. The van der Waals surface area contributed by atoms with E-state index in [2.05, 4.69) is 10.6 Å². The molecular formula is C14H25N3O4. The molecule has 0 aromatic rings. The second-order valence-electron chi connectivity index (χ2n) is 6.17. The highest BCUT2D eigenvalue weighted by Gasteiger charge is 2.27. The van der Waals surface area contributed by atoms with Gasteiger partial charge in [0.1, 0.15) is 0 Å². The number of carboxylic acid groups (broad SMARTS) is 1. The number of carbonyl (C=O) groups excluding carboxylic acids is 2. The molecule has 0 spiro atoms. The minimum atomic E-state index is -0.867. The van der Waals surface area contributed by atoms with Crippen LogP contribution in [0.15, 0.2) is 0 Å². The summed E-state index contributed by atoms with van der Waals surface area (Å²) in [5.74, 6) is -0.916. The maximum Gasteiger partial charge on any atom is 0.317 e. The molecule has 0 saturated carbocycles. The normalized spacial score (nSPS) is 16.4. The predicted octanol–water partition coefficient (Wildman–Crippen LogP) is 0.940. The highest BCUT2D eigenvalue weighted by Crippen LogP contribution is 2.15. The maximum absolute atomic E-state index is 12.2. The Morgan fingerprint density at radius 3 is 2.29 bits per heavy atom. The van der Waals surface area contributed by atoms with Gasteiger partial charge in [0.15, 0.2) is 0 Å². The van der Waals surface area contributed by atoms with Crippen molar-refractivity contribution in [2.24, 2.45) is 0 Å². The maximum atomic E-state index is 12.2. The molecule has 0 aliphatic carbocycles. The van der Waals surface area contributed by atoms with E-state index < -0.39 is 11.5 Å². The number of carboxylic acids is 1. The van der Waals surface area contributed by atoms with Crippen molar-refractivity contribution in [3.8, 4) is 0 Å². The number of rotatable bonds is 5. The summed E-state index contributed by atoms with van der Waals surface area (Å²) in [5.41, 5.74) is -0.552. The third kappa shape index (κ3) is 6.46. The molecular weight excluding hydrogens is 274 g/mol. The minimum Gasteiger partial charge on any atom is -0.481 e. The van der Waals surface area contributed by atoms with Crippen LogP contribution in [0.5, 0.6) is 0 Å². The SMILES string of the molecule is CC(=O)NC1CCN(C(=O)NC(C)(C)CCC(=O)O)CC1. The Morgan fingerprint density at radius 1 is 1.24 bits per heavy atom. The van der Waals surface area contributed by atoms with Crippen LogP contribution in [0.1, 0.15) is 46.5 Å². The summed E-state index contributed by atoms with van der Waals surface area (Å²) in [4.78, 5) is 35.5. The van der Waals surface area contributed by atoms with Crippen molar-refractivity contribution in [1.29, 1.82) is 0 Å². The van der Waals surface area contributed by atoms with E-state index in [1.807, 2.05) is 13.8 Å². The van der Waals surface area contributed by atoms with Crippen molar-refractivity contribution in [3.05, 3.63) is 0 Å². The third-order valence-corrected chi connectivity index (χ3v) is 3.60. The van der Waals surface area contributed by atoms with Crippen LogP contribution in [0.2, 0.25) is 0 Å². The van der Waals surface area contributed by atoms with E-state index in [0.29, 0.717) is 19.5 Å². The number of hydrogen-bond donors (Lipinski definition) is 3. The molecule has 1 fully saturated rings. The Balaban J connectivity index is 2.39. The molecule has 0 bridgehead atoms. The molecule has 120 valence electrons. The fourth-order valence-electron chi connectivity index (χ4n) is 2.36. The summed E-state index contributed by atoms with van der Waals surface area (Å²) < 4.78 is 0. The lowest BCUT2D eigenvalue weighted by Crippen LogP contribution is -2.54. The number of hydrogen-bond acceptors (Lipinski definition) is 3. The van der Waals surface area contributed by atoms with Crippen LogP contribution in [-0.2, 0) is 9.59 Å². The number of nitrogens with one attached hydrogen (secondary N) is 2. The number of urea groups is 1. The van der Waals surface area contributed by atoms with Gasteiger partial charge < -0.3 is 20.6 Å². The molecule has 1 heterocycles. The van der Waals surface area contributed by atoms with Crippen molar-refractivity contribution in [1.82, 2.24) is 15.5 Å². The largest absolute Gasteiger partial charge is 0.481 e. The highest BCUT2D eigenvalue weighted by molar-refractivity contribution is 5.75. The second kappa shape index (κ2) is 7.28. The molecule has 1 aliphatic rings. The fourth-order valence-corrected chi connectivity index (χ4v) is 2.36. The molecule has 0 radical (unpaired) electrons. The van der Waals surface area contributed by atoms with E-state index >= 15 is 0 Å². The molecule has 0 atom stereocenters. The summed E-state index contributed by atoms with van der Waals surface area (Å²) in [6.07, 6.45) is 1.89. The van der Waals surface area contributed by atoms with Crippen molar-refractivity contribution >= 4 is 17.9 Å². The van der Waals surface area contributed by atoms with Crippen LogP contribution in [0.25, 0.3) is 0 Å². The number of likely N-dealkylation sites (tertiary alicyclic amines) is 1.